The van der Waals surface area contributed by atoms with Crippen molar-refractivity contribution in [2.24, 2.45) is 40.7 Å². The van der Waals surface area contributed by atoms with Gasteiger partial charge in [0, 0.05) is 65.8 Å². The van der Waals surface area contributed by atoms with Gasteiger partial charge >= 0.3 is 17.9 Å². The number of aliphatic carboxylic acids is 2. The Morgan fingerprint density at radius 3 is 1.56 bits per heavy atom. The predicted molar refractivity (Wildman–Crippen MR) is 123 cm³/mol. The minimum Gasteiger partial charge on any atom is -0.480 e. The van der Waals surface area contributed by atoms with E-state index in [0.29, 0.717) is 6.04 Å². The number of carboxylic acid groups (broad SMARTS) is 2. The van der Waals surface area contributed by atoms with Crippen LogP contribution in [0.25, 0.3) is 0 Å². The van der Waals surface area contributed by atoms with Crippen molar-refractivity contribution in [2.75, 3.05) is 19.8 Å². The van der Waals surface area contributed by atoms with Gasteiger partial charge in [0.2, 0.25) is 0 Å². The van der Waals surface area contributed by atoms with Crippen molar-refractivity contribution in [1.82, 2.24) is 0 Å². The molecule has 0 amide bonds. The fourth-order valence-corrected chi connectivity index (χ4v) is 5.52. The number of hydrogen-bond donors (Lipinski definition) is 8. The second kappa shape index (κ2) is 18.7. The van der Waals surface area contributed by atoms with Crippen molar-refractivity contribution in [3.05, 3.63) is 0 Å². The number of carbonyl (C=O) groups is 3. The summed E-state index contributed by atoms with van der Waals surface area (Å²) in [6, 6.07) is 0.873. The first-order chi connectivity index (χ1) is 15.9. The van der Waals surface area contributed by atoms with Crippen molar-refractivity contribution in [1.29, 1.82) is 0 Å². The molecule has 0 spiro atoms. The van der Waals surface area contributed by atoms with E-state index in [1.54, 1.807) is 0 Å². The molecule has 5 atom stereocenters. The molecule has 14 heteroatoms. The van der Waals surface area contributed by atoms with Crippen molar-refractivity contribution in [3.63, 3.8) is 0 Å². The van der Waals surface area contributed by atoms with Gasteiger partial charge in [-0.05, 0) is 62.7 Å². The molecule has 0 radical (unpaired) electrons. The van der Waals surface area contributed by atoms with Crippen molar-refractivity contribution >= 4 is 17.9 Å². The molecule has 5 fully saturated rings. The van der Waals surface area contributed by atoms with Gasteiger partial charge < -0.3 is 48.1 Å². The van der Waals surface area contributed by atoms with Crippen LogP contribution in [0.1, 0.15) is 57.8 Å². The zero-order chi connectivity index (χ0) is 25.9. The number of aliphatic hydroxyl groups is 2. The van der Waals surface area contributed by atoms with Crippen LogP contribution in [0.5, 0.6) is 0 Å². The van der Waals surface area contributed by atoms with Gasteiger partial charge in [-0.1, -0.05) is 12.8 Å². The first-order valence-electron chi connectivity index (χ1n) is 11.8. The Labute approximate surface area is 240 Å². The summed E-state index contributed by atoms with van der Waals surface area (Å²) in [5.41, 5.74) is 23.9. The Morgan fingerprint density at radius 1 is 0.806 bits per heavy atom. The molecule has 0 aromatic heterocycles. The maximum Gasteiger partial charge on any atom is 0.341 e. The molecule has 4 bridgehead atoms. The minimum absolute atomic E-state index is 0. The smallest absolute Gasteiger partial charge is 0.341 e. The third-order valence-electron chi connectivity index (χ3n) is 6.94. The molecule has 0 heterocycles. The normalized spacial score (nSPS) is 32.8. The van der Waals surface area contributed by atoms with Gasteiger partial charge in [0.05, 0.1) is 0 Å². The van der Waals surface area contributed by atoms with Gasteiger partial charge in [-0.25, -0.2) is 14.4 Å². The van der Waals surface area contributed by atoms with E-state index in [2.05, 4.69) is 4.74 Å². The van der Waals surface area contributed by atoms with E-state index in [1.165, 1.54) is 44.9 Å². The SMILES string of the molecule is NC1C2CC3CC(C2)CC1(N)C3.N[C@@H]1CCCC[C@@H]1N.O=C(O)CO.O=C(O)COC(=O)CO.[Pt].[Pt]. The molecule has 3 unspecified atom stereocenters. The Balaban J connectivity index is 0. The molecule has 0 aliphatic heterocycles. The molecule has 5 aliphatic rings. The molecule has 12 N–H and O–H groups in total. The number of hydrogen-bond acceptors (Lipinski definition) is 10. The fourth-order valence-electron chi connectivity index (χ4n) is 5.52. The minimum atomic E-state index is -1.24. The van der Waals surface area contributed by atoms with Crippen LogP contribution in [0.3, 0.4) is 0 Å². The summed E-state index contributed by atoms with van der Waals surface area (Å²) in [7, 11) is 0. The number of carboxylic acids is 2. The van der Waals surface area contributed by atoms with Gasteiger partial charge in [0.1, 0.15) is 13.2 Å². The topological polar surface area (TPSA) is 245 Å². The van der Waals surface area contributed by atoms with Crippen LogP contribution in [0.4, 0.5) is 0 Å². The molecular formula is C22H42N4O8Pt2. The van der Waals surface area contributed by atoms with E-state index < -0.39 is 37.7 Å². The zero-order valence-corrected chi connectivity index (χ0v) is 24.9. The monoisotopic (exact) mass is 880 g/mol. The summed E-state index contributed by atoms with van der Waals surface area (Å²) < 4.78 is 3.96. The van der Waals surface area contributed by atoms with Crippen LogP contribution < -0.4 is 22.9 Å². The molecular weight excluding hydrogens is 838 g/mol. The molecule has 36 heavy (non-hydrogen) atoms. The molecule has 12 nitrogen and oxygen atoms in total. The zero-order valence-electron chi connectivity index (χ0n) is 20.3. The maximum atomic E-state index is 9.98. The molecule has 0 aromatic carbocycles. The van der Waals surface area contributed by atoms with Crippen LogP contribution >= 0.6 is 0 Å². The van der Waals surface area contributed by atoms with Crippen LogP contribution in [-0.4, -0.2) is 81.8 Å². The van der Waals surface area contributed by atoms with E-state index in [0.717, 1.165) is 30.6 Å². The number of ether oxygens (including phenoxy) is 1. The molecule has 0 aromatic rings. The number of esters is 1. The Hall–Kier alpha value is -0.453. The average molecular weight is 881 g/mol. The summed E-state index contributed by atoms with van der Waals surface area (Å²) in [5.74, 6) is -0.750. The van der Waals surface area contributed by atoms with Gasteiger partial charge in [0.25, 0.3) is 0 Å². The van der Waals surface area contributed by atoms with Crippen molar-refractivity contribution in [3.8, 4) is 0 Å². The Bertz CT molecular complexity index is 652. The molecule has 5 aliphatic carbocycles. The first-order valence-corrected chi connectivity index (χ1v) is 11.8. The van der Waals surface area contributed by atoms with E-state index in [-0.39, 0.29) is 59.8 Å². The standard InChI is InChI=1S/C10H18N2.C6H14N2.C4H6O5.C2H4O3.2Pt/c11-9-8-2-6-1-7(3-8)5-10(9,12)4-6;7-5-3-1-2-4-6(5)8;5-1-4(8)9-2-3(6)7;3-1-2(4)5;;/h6-9H,1-5,11-12H2;5-6H,1-4,7-8H2;5H,1-2H2,(H,6,7);3H,1H2,(H,4,5);;/t;5-,6+;;;;. The van der Waals surface area contributed by atoms with E-state index in [9.17, 15) is 9.59 Å². The van der Waals surface area contributed by atoms with Crippen LogP contribution in [-0.2, 0) is 61.3 Å². The number of rotatable bonds is 4. The van der Waals surface area contributed by atoms with Crippen molar-refractivity contribution in [2.45, 2.75) is 81.5 Å². The Morgan fingerprint density at radius 2 is 1.25 bits per heavy atom. The molecule has 5 rings (SSSR count). The third-order valence-corrected chi connectivity index (χ3v) is 6.94. The summed E-state index contributed by atoms with van der Waals surface area (Å²) in [5, 5.41) is 30.9. The van der Waals surface area contributed by atoms with Crippen LogP contribution in [0, 0.1) is 17.8 Å². The fraction of sp³-hybridized carbons (Fsp3) is 0.864. The van der Waals surface area contributed by atoms with E-state index in [4.69, 9.17) is 48.2 Å². The molecule has 218 valence electrons. The van der Waals surface area contributed by atoms with Crippen molar-refractivity contribution < 1.29 is 81.7 Å². The second-order valence-electron chi connectivity index (χ2n) is 9.74. The summed E-state index contributed by atoms with van der Waals surface area (Å²) in [6.07, 6.45) is 11.4. The average Bonchev–Trinajstić information content (AvgIpc) is 2.78. The second-order valence-corrected chi connectivity index (χ2v) is 9.74. The third kappa shape index (κ3) is 13.4. The summed E-state index contributed by atoms with van der Waals surface area (Å²) in [4.78, 5) is 28.8. The quantitative estimate of drug-likeness (QED) is 0.154. The molecule has 5 saturated carbocycles. The van der Waals surface area contributed by atoms with E-state index >= 15 is 0 Å². The predicted octanol–water partition coefficient (Wildman–Crippen LogP) is -1.27. The van der Waals surface area contributed by atoms with Gasteiger partial charge in [-0.15, -0.1) is 0 Å². The van der Waals surface area contributed by atoms with Crippen LogP contribution in [0.15, 0.2) is 0 Å². The van der Waals surface area contributed by atoms with Gasteiger partial charge in [-0.3, -0.25) is 0 Å². The van der Waals surface area contributed by atoms with E-state index in [1.807, 2.05) is 0 Å². The summed E-state index contributed by atoms with van der Waals surface area (Å²) in [6.45, 7) is -2.26. The maximum absolute atomic E-state index is 9.98. The number of nitrogens with two attached hydrogens (primary N) is 4. The summed E-state index contributed by atoms with van der Waals surface area (Å²) >= 11 is 0. The van der Waals surface area contributed by atoms with Gasteiger partial charge in [0.15, 0.2) is 6.61 Å². The van der Waals surface area contributed by atoms with Crippen LogP contribution in [0.2, 0.25) is 0 Å². The number of aliphatic hydroxyl groups excluding tert-OH is 2. The number of carbonyl (C=O) groups excluding carboxylic acids is 1. The van der Waals surface area contributed by atoms with Gasteiger partial charge in [-0.2, -0.15) is 0 Å². The first kappa shape index (κ1) is 37.7. The Kier molecular flexibility index (Phi) is 19.6. The largest absolute Gasteiger partial charge is 0.480 e. The molecule has 0 saturated heterocycles.